The summed E-state index contributed by atoms with van der Waals surface area (Å²) in [6, 6.07) is 5.85. The molecule has 0 radical (unpaired) electrons. The molecule has 0 aliphatic rings. The lowest BCUT2D eigenvalue weighted by atomic mass is 10.1. The van der Waals surface area contributed by atoms with Crippen LogP contribution in [0.25, 0.3) is 21.5 Å². The van der Waals surface area contributed by atoms with E-state index in [-0.39, 0.29) is 0 Å². The highest BCUT2D eigenvalue weighted by molar-refractivity contribution is 7.16. The standard InChI is InChI=1S/C14H15N5OS/c1-3-19-14(16-2)11(13(15)20)12(18-19)8-4-5-10-9(6-8)17-7-21-10/h4-7,16H,3H2,1-2H3,(H2,15,20). The zero-order valence-electron chi connectivity index (χ0n) is 11.8. The highest BCUT2D eigenvalue weighted by Gasteiger charge is 2.22. The molecule has 0 bridgehead atoms. The minimum absolute atomic E-state index is 0.411. The lowest BCUT2D eigenvalue weighted by molar-refractivity contribution is 0.100. The number of thiazole rings is 1. The van der Waals surface area contributed by atoms with Gasteiger partial charge in [-0.25, -0.2) is 9.67 Å². The Bertz CT molecular complexity index is 820. The first kappa shape index (κ1) is 13.6. The summed E-state index contributed by atoms with van der Waals surface area (Å²) in [5, 5.41) is 7.52. The van der Waals surface area contributed by atoms with Crippen LogP contribution in [0.5, 0.6) is 0 Å². The molecule has 2 aromatic heterocycles. The van der Waals surface area contributed by atoms with Crippen molar-refractivity contribution in [2.24, 2.45) is 5.73 Å². The average Bonchev–Trinajstić information content (AvgIpc) is 3.09. The zero-order chi connectivity index (χ0) is 15.0. The number of nitrogens with one attached hydrogen (secondary N) is 1. The summed E-state index contributed by atoms with van der Waals surface area (Å²) in [5.41, 5.74) is 10.1. The van der Waals surface area contributed by atoms with Crippen molar-refractivity contribution in [3.05, 3.63) is 29.3 Å². The molecule has 2 heterocycles. The van der Waals surface area contributed by atoms with Gasteiger partial charge in [0.2, 0.25) is 0 Å². The van der Waals surface area contributed by atoms with Gasteiger partial charge in [-0.15, -0.1) is 11.3 Å². The van der Waals surface area contributed by atoms with Crippen molar-refractivity contribution in [2.45, 2.75) is 13.5 Å². The van der Waals surface area contributed by atoms with Gasteiger partial charge in [0.1, 0.15) is 17.1 Å². The van der Waals surface area contributed by atoms with Gasteiger partial charge in [0.05, 0.1) is 15.7 Å². The number of rotatable bonds is 4. The Balaban J connectivity index is 2.25. The highest BCUT2D eigenvalue weighted by Crippen LogP contribution is 2.31. The Hall–Kier alpha value is -2.41. The predicted octanol–water partition coefficient (Wildman–Crippen LogP) is 2.32. The Labute approximate surface area is 125 Å². The molecule has 0 aliphatic heterocycles. The maximum Gasteiger partial charge on any atom is 0.254 e. The number of primary amides is 1. The largest absolute Gasteiger partial charge is 0.373 e. The molecule has 6 nitrogen and oxygen atoms in total. The lowest BCUT2D eigenvalue weighted by Crippen LogP contribution is -2.14. The van der Waals surface area contributed by atoms with E-state index in [1.165, 1.54) is 0 Å². The van der Waals surface area contributed by atoms with Crippen LogP contribution in [0.4, 0.5) is 5.82 Å². The van der Waals surface area contributed by atoms with E-state index in [2.05, 4.69) is 15.4 Å². The molecule has 0 fully saturated rings. The maximum atomic E-state index is 11.8. The minimum Gasteiger partial charge on any atom is -0.373 e. The highest BCUT2D eigenvalue weighted by atomic mass is 32.1. The van der Waals surface area contributed by atoms with Crippen molar-refractivity contribution in [3.8, 4) is 11.3 Å². The van der Waals surface area contributed by atoms with Crippen LogP contribution in [0, 0.1) is 0 Å². The summed E-state index contributed by atoms with van der Waals surface area (Å²) in [5.74, 6) is 0.144. The van der Waals surface area contributed by atoms with E-state index in [1.807, 2.05) is 25.1 Å². The molecule has 0 spiro atoms. The molecule has 1 aromatic carbocycles. The maximum absolute atomic E-state index is 11.8. The quantitative estimate of drug-likeness (QED) is 0.774. The number of nitrogens with two attached hydrogens (primary N) is 1. The van der Waals surface area contributed by atoms with E-state index in [4.69, 9.17) is 5.73 Å². The third kappa shape index (κ3) is 2.15. The first-order valence-electron chi connectivity index (χ1n) is 6.57. The number of hydrogen-bond acceptors (Lipinski definition) is 5. The fourth-order valence-electron chi connectivity index (χ4n) is 2.39. The molecule has 3 aromatic rings. The summed E-state index contributed by atoms with van der Waals surface area (Å²) in [4.78, 5) is 16.1. The minimum atomic E-state index is -0.493. The number of aryl methyl sites for hydroxylation is 1. The van der Waals surface area contributed by atoms with Gasteiger partial charge in [0.25, 0.3) is 5.91 Å². The molecule has 1 amide bonds. The van der Waals surface area contributed by atoms with Crippen LogP contribution in [0.1, 0.15) is 17.3 Å². The fraction of sp³-hybridized carbons (Fsp3) is 0.214. The molecule has 7 heteroatoms. The van der Waals surface area contributed by atoms with E-state index >= 15 is 0 Å². The molecule has 0 atom stereocenters. The second kappa shape index (κ2) is 5.17. The van der Waals surface area contributed by atoms with Gasteiger partial charge in [-0.1, -0.05) is 6.07 Å². The molecule has 0 unspecified atom stereocenters. The van der Waals surface area contributed by atoms with Crippen LogP contribution < -0.4 is 11.1 Å². The van der Waals surface area contributed by atoms with E-state index in [9.17, 15) is 4.79 Å². The first-order valence-corrected chi connectivity index (χ1v) is 7.45. The molecule has 3 rings (SSSR count). The number of fused-ring (bicyclic) bond motifs is 1. The predicted molar refractivity (Wildman–Crippen MR) is 84.6 cm³/mol. The van der Waals surface area contributed by atoms with Crippen molar-refractivity contribution in [3.63, 3.8) is 0 Å². The van der Waals surface area contributed by atoms with Crippen LogP contribution in [0.15, 0.2) is 23.7 Å². The number of nitrogens with zero attached hydrogens (tertiary/aromatic N) is 3. The molecule has 3 N–H and O–H groups in total. The van der Waals surface area contributed by atoms with Gasteiger partial charge in [0, 0.05) is 19.2 Å². The van der Waals surface area contributed by atoms with Crippen molar-refractivity contribution in [1.82, 2.24) is 14.8 Å². The van der Waals surface area contributed by atoms with Gasteiger partial charge in [0.15, 0.2) is 0 Å². The van der Waals surface area contributed by atoms with E-state index in [0.29, 0.717) is 23.6 Å². The fourth-order valence-corrected chi connectivity index (χ4v) is 3.04. The Morgan fingerprint density at radius 3 is 2.95 bits per heavy atom. The van der Waals surface area contributed by atoms with Crippen LogP contribution in [0.2, 0.25) is 0 Å². The normalized spacial score (nSPS) is 11.0. The molecule has 0 aliphatic carbocycles. The van der Waals surface area contributed by atoms with Gasteiger partial charge in [-0.3, -0.25) is 4.79 Å². The number of benzene rings is 1. The summed E-state index contributed by atoms with van der Waals surface area (Å²) in [6.45, 7) is 2.61. The second-order valence-electron chi connectivity index (χ2n) is 4.54. The Kier molecular flexibility index (Phi) is 3.34. The number of carbonyl (C=O) groups is 1. The Morgan fingerprint density at radius 1 is 1.48 bits per heavy atom. The smallest absolute Gasteiger partial charge is 0.254 e. The average molecular weight is 301 g/mol. The summed E-state index contributed by atoms with van der Waals surface area (Å²) in [7, 11) is 1.75. The number of carbonyl (C=O) groups excluding carboxylic acids is 1. The van der Waals surface area contributed by atoms with Gasteiger partial charge < -0.3 is 11.1 Å². The van der Waals surface area contributed by atoms with Crippen molar-refractivity contribution in [1.29, 1.82) is 0 Å². The SMILES string of the molecule is CCn1nc(-c2ccc3scnc3c2)c(C(N)=O)c1NC. The van der Waals surface area contributed by atoms with Crippen LogP contribution >= 0.6 is 11.3 Å². The van der Waals surface area contributed by atoms with Crippen molar-refractivity contribution < 1.29 is 4.79 Å². The number of anilines is 1. The third-order valence-corrected chi connectivity index (χ3v) is 4.15. The number of amides is 1. The van der Waals surface area contributed by atoms with Crippen LogP contribution in [0.3, 0.4) is 0 Å². The van der Waals surface area contributed by atoms with Gasteiger partial charge >= 0.3 is 0 Å². The van der Waals surface area contributed by atoms with Crippen molar-refractivity contribution in [2.75, 3.05) is 12.4 Å². The van der Waals surface area contributed by atoms with Gasteiger partial charge in [-0.05, 0) is 19.1 Å². The molecule has 21 heavy (non-hydrogen) atoms. The first-order chi connectivity index (χ1) is 10.2. The topological polar surface area (TPSA) is 85.8 Å². The molecule has 0 saturated heterocycles. The second-order valence-corrected chi connectivity index (χ2v) is 5.42. The zero-order valence-corrected chi connectivity index (χ0v) is 12.6. The third-order valence-electron chi connectivity index (χ3n) is 3.34. The lowest BCUT2D eigenvalue weighted by Gasteiger charge is -2.04. The van der Waals surface area contributed by atoms with E-state index in [1.54, 1.807) is 28.6 Å². The van der Waals surface area contributed by atoms with E-state index in [0.717, 1.165) is 15.8 Å². The number of hydrogen-bond donors (Lipinski definition) is 2. The summed E-state index contributed by atoms with van der Waals surface area (Å²) in [6.07, 6.45) is 0. The summed E-state index contributed by atoms with van der Waals surface area (Å²) >= 11 is 1.58. The van der Waals surface area contributed by atoms with Crippen LogP contribution in [-0.2, 0) is 6.54 Å². The Morgan fingerprint density at radius 2 is 2.29 bits per heavy atom. The number of aromatic nitrogens is 3. The molecule has 108 valence electrons. The van der Waals surface area contributed by atoms with Crippen LogP contribution in [-0.4, -0.2) is 27.7 Å². The van der Waals surface area contributed by atoms with Gasteiger partial charge in [-0.2, -0.15) is 5.10 Å². The molecule has 0 saturated carbocycles. The molecular weight excluding hydrogens is 286 g/mol. The molecular formula is C14H15N5OS. The van der Waals surface area contributed by atoms with E-state index < -0.39 is 5.91 Å². The monoisotopic (exact) mass is 301 g/mol. The van der Waals surface area contributed by atoms with Crippen molar-refractivity contribution >= 4 is 33.3 Å². The summed E-state index contributed by atoms with van der Waals surface area (Å²) < 4.78 is 2.84.